The molecule has 3 amide bonds. The Morgan fingerprint density at radius 3 is 2.34 bits per heavy atom. The van der Waals surface area contributed by atoms with Crippen molar-refractivity contribution in [2.45, 2.75) is 108 Å². The average molecular weight is 663 g/mol. The summed E-state index contributed by atoms with van der Waals surface area (Å²) in [5.74, 6) is 0.675. The van der Waals surface area contributed by atoms with E-state index >= 15 is 0 Å². The van der Waals surface area contributed by atoms with Crippen molar-refractivity contribution in [2.24, 2.45) is 5.92 Å². The minimum absolute atomic E-state index is 0.0824. The molecule has 1 saturated heterocycles. The highest BCUT2D eigenvalue weighted by Gasteiger charge is 2.43. The van der Waals surface area contributed by atoms with Crippen molar-refractivity contribution >= 4 is 31.4 Å². The molecule has 2 aromatic carbocycles. The minimum Gasteiger partial charge on any atom is -0.438 e. The number of fused-ring (bicyclic) bond motifs is 1. The van der Waals surface area contributed by atoms with Gasteiger partial charge in [0.25, 0.3) is 0 Å². The van der Waals surface area contributed by atoms with E-state index in [-0.39, 0.29) is 17.0 Å². The molecule has 3 aromatic rings. The Hall–Kier alpha value is -3.21. The van der Waals surface area contributed by atoms with Crippen LogP contribution in [-0.4, -0.2) is 68.5 Å². The quantitative estimate of drug-likeness (QED) is 0.196. The van der Waals surface area contributed by atoms with Gasteiger partial charge in [-0.15, -0.1) is 0 Å². The van der Waals surface area contributed by atoms with Gasteiger partial charge in [-0.2, -0.15) is 0 Å². The van der Waals surface area contributed by atoms with E-state index in [0.717, 1.165) is 37.6 Å². The molecule has 2 heterocycles. The third kappa shape index (κ3) is 9.45. The second-order valence-corrected chi connectivity index (χ2v) is 19.6. The highest BCUT2D eigenvalue weighted by molar-refractivity contribution is 6.74. The van der Waals surface area contributed by atoms with Crippen molar-refractivity contribution in [2.75, 3.05) is 26.3 Å². The second kappa shape index (κ2) is 15.8. The summed E-state index contributed by atoms with van der Waals surface area (Å²) < 4.78 is 19.0. The molecule has 0 radical (unpaired) electrons. The van der Waals surface area contributed by atoms with Crippen LogP contribution >= 0.6 is 0 Å². The largest absolute Gasteiger partial charge is 0.438 e. The Labute approximate surface area is 281 Å². The fourth-order valence-electron chi connectivity index (χ4n) is 6.35. The molecule has 1 aromatic heterocycles. The SMILES string of the molecule is CC(C)(C)[Si](C)(C)OC(c1nc2ccccc2o1)[C@H](CCc1ccccc1)NC(=O)[C@H](CC1CCCCC1)NC(=O)N1CCOCC1. The number of amides is 3. The number of carbonyl (C=O) groups is 2. The third-order valence-electron chi connectivity index (χ3n) is 10.3. The van der Waals surface area contributed by atoms with Gasteiger partial charge in [0.1, 0.15) is 17.7 Å². The zero-order valence-corrected chi connectivity index (χ0v) is 29.9. The van der Waals surface area contributed by atoms with Gasteiger partial charge in [0.05, 0.1) is 19.3 Å². The fourth-order valence-corrected chi connectivity index (χ4v) is 7.61. The second-order valence-electron chi connectivity index (χ2n) is 14.8. The summed E-state index contributed by atoms with van der Waals surface area (Å²) in [7, 11) is -2.37. The maximum atomic E-state index is 14.5. The first kappa shape index (κ1) is 35.1. The first-order valence-electron chi connectivity index (χ1n) is 17.5. The summed E-state index contributed by atoms with van der Waals surface area (Å²) in [5.41, 5.74) is 2.62. The molecule has 2 aliphatic rings. The minimum atomic E-state index is -2.37. The van der Waals surface area contributed by atoms with Crippen LogP contribution in [0.5, 0.6) is 0 Å². The standard InChI is InChI=1S/C37H54N4O5Si/c1-37(2,3)47(4,5)46-33(35-39-29-18-12-13-19-32(29)45-35)30(21-20-27-14-8-6-9-15-27)38-34(42)31(26-28-16-10-7-11-17-28)40-36(43)41-22-24-44-25-23-41/h6,8-9,12-15,18-19,28,30-31,33H,7,10-11,16-17,20-26H2,1-5H3,(H,38,42)(H,40,43)/t30-,31-,33?/m0/s1. The van der Waals surface area contributed by atoms with Crippen molar-refractivity contribution in [3.8, 4) is 0 Å². The van der Waals surface area contributed by atoms with E-state index in [9.17, 15) is 9.59 Å². The van der Waals surface area contributed by atoms with E-state index in [2.05, 4.69) is 56.6 Å². The van der Waals surface area contributed by atoms with Gasteiger partial charge in [-0.1, -0.05) is 95.3 Å². The van der Waals surface area contributed by atoms with Gasteiger partial charge in [0, 0.05) is 13.1 Å². The van der Waals surface area contributed by atoms with E-state index in [0.29, 0.717) is 56.5 Å². The summed E-state index contributed by atoms with van der Waals surface area (Å²) in [6, 6.07) is 16.7. The van der Waals surface area contributed by atoms with E-state index in [1.807, 2.05) is 42.5 Å². The molecule has 9 nitrogen and oxygen atoms in total. The lowest BCUT2D eigenvalue weighted by Crippen LogP contribution is -2.56. The van der Waals surface area contributed by atoms with Gasteiger partial charge in [-0.05, 0) is 61.0 Å². The molecular formula is C37H54N4O5Si. The molecule has 1 saturated carbocycles. The third-order valence-corrected chi connectivity index (χ3v) is 14.7. The Balaban J connectivity index is 1.47. The smallest absolute Gasteiger partial charge is 0.318 e. The number of nitrogens with zero attached hydrogens (tertiary/aromatic N) is 2. The molecular weight excluding hydrogens is 609 g/mol. The van der Waals surface area contributed by atoms with Crippen molar-refractivity contribution in [1.82, 2.24) is 20.5 Å². The molecule has 5 rings (SSSR count). The van der Waals surface area contributed by atoms with Crippen LogP contribution in [0.2, 0.25) is 18.1 Å². The lowest BCUT2D eigenvalue weighted by Gasteiger charge is -2.41. The Morgan fingerprint density at radius 1 is 0.979 bits per heavy atom. The highest BCUT2D eigenvalue weighted by Crippen LogP contribution is 2.41. The number of aromatic nitrogens is 1. The predicted molar refractivity (Wildman–Crippen MR) is 188 cm³/mol. The molecule has 47 heavy (non-hydrogen) atoms. The van der Waals surface area contributed by atoms with Crippen molar-refractivity contribution in [1.29, 1.82) is 0 Å². The summed E-state index contributed by atoms with van der Waals surface area (Å²) in [6.07, 6.45) is 7.06. The zero-order chi connectivity index (χ0) is 33.4. The van der Waals surface area contributed by atoms with Crippen molar-refractivity contribution in [3.63, 3.8) is 0 Å². The van der Waals surface area contributed by atoms with Crippen LogP contribution in [-0.2, 0) is 20.4 Å². The number of morpholine rings is 1. The number of hydrogen-bond acceptors (Lipinski definition) is 6. The number of oxazole rings is 1. The molecule has 2 N–H and O–H groups in total. The molecule has 1 aliphatic carbocycles. The monoisotopic (exact) mass is 662 g/mol. The van der Waals surface area contributed by atoms with E-state index in [1.54, 1.807) is 4.90 Å². The van der Waals surface area contributed by atoms with Crippen LogP contribution in [0, 0.1) is 5.92 Å². The number of hydrogen-bond donors (Lipinski definition) is 2. The fraction of sp³-hybridized carbons (Fsp3) is 0.595. The maximum Gasteiger partial charge on any atom is 0.318 e. The molecule has 1 unspecified atom stereocenters. The van der Waals surface area contributed by atoms with Crippen molar-refractivity contribution in [3.05, 3.63) is 66.1 Å². The molecule has 256 valence electrons. The van der Waals surface area contributed by atoms with Gasteiger partial charge >= 0.3 is 6.03 Å². The molecule has 1 aliphatic heterocycles. The summed E-state index contributed by atoms with van der Waals surface area (Å²) in [5, 5.41) is 6.45. The topological polar surface area (TPSA) is 106 Å². The lowest BCUT2D eigenvalue weighted by atomic mass is 9.84. The van der Waals surface area contributed by atoms with Gasteiger partial charge in [0.2, 0.25) is 11.8 Å². The number of rotatable bonds is 12. The van der Waals surface area contributed by atoms with Crippen LogP contribution in [0.15, 0.2) is 59.0 Å². The maximum absolute atomic E-state index is 14.5. The molecule has 10 heteroatoms. The van der Waals surface area contributed by atoms with Crippen LogP contribution in [0.3, 0.4) is 0 Å². The predicted octanol–water partition coefficient (Wildman–Crippen LogP) is 7.39. The molecule has 2 fully saturated rings. The van der Waals surface area contributed by atoms with Gasteiger partial charge in [-0.25, -0.2) is 9.78 Å². The summed E-state index contributed by atoms with van der Waals surface area (Å²) in [6.45, 7) is 13.1. The Morgan fingerprint density at radius 2 is 1.66 bits per heavy atom. The number of ether oxygens (including phenoxy) is 1. The lowest BCUT2D eigenvalue weighted by molar-refractivity contribution is -0.125. The summed E-state index contributed by atoms with van der Waals surface area (Å²) >= 11 is 0. The molecule has 0 bridgehead atoms. The zero-order valence-electron chi connectivity index (χ0n) is 28.9. The van der Waals surface area contributed by atoms with Crippen molar-refractivity contribution < 1.29 is 23.2 Å². The number of benzene rings is 2. The van der Waals surface area contributed by atoms with Crippen LogP contribution in [0.4, 0.5) is 4.79 Å². The van der Waals surface area contributed by atoms with Gasteiger partial charge < -0.3 is 29.1 Å². The van der Waals surface area contributed by atoms with E-state index in [1.165, 1.54) is 12.0 Å². The van der Waals surface area contributed by atoms with Crippen LogP contribution < -0.4 is 10.6 Å². The normalized spacial score (nSPS) is 18.4. The molecule has 3 atom stereocenters. The number of aryl methyl sites for hydroxylation is 1. The van der Waals surface area contributed by atoms with Crippen LogP contribution in [0.1, 0.15) is 83.3 Å². The Bertz CT molecular complexity index is 1410. The van der Waals surface area contributed by atoms with Gasteiger partial charge in [0.15, 0.2) is 13.9 Å². The first-order chi connectivity index (χ1) is 22.5. The van der Waals surface area contributed by atoms with E-state index < -0.39 is 26.5 Å². The number of para-hydroxylation sites is 2. The number of urea groups is 1. The van der Waals surface area contributed by atoms with Gasteiger partial charge in [-0.3, -0.25) is 4.79 Å². The highest BCUT2D eigenvalue weighted by atomic mass is 28.4. The van der Waals surface area contributed by atoms with Crippen LogP contribution in [0.25, 0.3) is 11.1 Å². The Kier molecular flexibility index (Phi) is 11.8. The van der Waals surface area contributed by atoms with E-state index in [4.69, 9.17) is 18.6 Å². The first-order valence-corrected chi connectivity index (χ1v) is 20.4. The number of carbonyl (C=O) groups excluding carboxylic acids is 2. The average Bonchev–Trinajstić information content (AvgIpc) is 3.50. The molecule has 0 spiro atoms. The number of nitrogens with one attached hydrogen (secondary N) is 2. The summed E-state index contributed by atoms with van der Waals surface area (Å²) in [4.78, 5) is 34.6.